The normalized spacial score (nSPS) is 9.62. The summed E-state index contributed by atoms with van der Waals surface area (Å²) in [6.45, 7) is 3.27. The zero-order valence-electron chi connectivity index (χ0n) is 9.45. The maximum absolute atomic E-state index is 11.3. The summed E-state index contributed by atoms with van der Waals surface area (Å²) in [5.41, 5.74) is 1.10. The largest absolute Gasteiger partial charge is 0.425 e. The lowest BCUT2D eigenvalue weighted by atomic mass is 10.2. The van der Waals surface area contributed by atoms with Crippen molar-refractivity contribution in [3.05, 3.63) is 29.8 Å². The average molecular weight is 221 g/mol. The van der Waals surface area contributed by atoms with Crippen LogP contribution in [0.5, 0.6) is 5.75 Å². The number of carbonyl (C=O) groups is 2. The van der Waals surface area contributed by atoms with Crippen molar-refractivity contribution in [2.75, 3.05) is 6.54 Å². The number of esters is 1. The highest BCUT2D eigenvalue weighted by atomic mass is 16.5. The van der Waals surface area contributed by atoms with E-state index in [1.165, 1.54) is 6.92 Å². The van der Waals surface area contributed by atoms with Crippen molar-refractivity contribution in [1.82, 2.24) is 5.32 Å². The number of benzene rings is 1. The Bertz CT molecular complexity index is 388. The molecule has 0 atom stereocenters. The molecule has 86 valence electrons. The minimum absolute atomic E-state index is 0.105. The molecule has 0 fully saturated rings. The lowest BCUT2D eigenvalue weighted by Crippen LogP contribution is -2.29. The first-order chi connectivity index (χ1) is 7.61. The Morgan fingerprint density at radius 3 is 2.75 bits per heavy atom. The Morgan fingerprint density at radius 2 is 2.12 bits per heavy atom. The van der Waals surface area contributed by atoms with Crippen LogP contribution >= 0.6 is 0 Å². The SMILES string of the molecule is CCc1cccc(OC(=O)CNC(C)=O)c1. The van der Waals surface area contributed by atoms with Gasteiger partial charge < -0.3 is 10.1 Å². The topological polar surface area (TPSA) is 55.4 Å². The average Bonchev–Trinajstić information content (AvgIpc) is 2.26. The molecule has 1 N–H and O–H groups in total. The number of nitrogens with one attached hydrogen (secondary N) is 1. The fourth-order valence-electron chi connectivity index (χ4n) is 1.19. The van der Waals surface area contributed by atoms with E-state index >= 15 is 0 Å². The summed E-state index contributed by atoms with van der Waals surface area (Å²) < 4.78 is 5.05. The summed E-state index contributed by atoms with van der Waals surface area (Å²) >= 11 is 0. The third-order valence-corrected chi connectivity index (χ3v) is 2.02. The third-order valence-electron chi connectivity index (χ3n) is 2.02. The number of ether oxygens (including phenoxy) is 1. The van der Waals surface area contributed by atoms with Crippen LogP contribution in [0.4, 0.5) is 0 Å². The Morgan fingerprint density at radius 1 is 1.38 bits per heavy atom. The standard InChI is InChI=1S/C12H15NO3/c1-3-10-5-4-6-11(7-10)16-12(15)8-13-9(2)14/h4-7H,3,8H2,1-2H3,(H,13,14). The summed E-state index contributed by atoms with van der Waals surface area (Å²) in [6, 6.07) is 7.32. The van der Waals surface area contributed by atoms with E-state index in [2.05, 4.69) is 5.32 Å². The quantitative estimate of drug-likeness (QED) is 0.615. The number of carbonyl (C=O) groups excluding carboxylic acids is 2. The molecule has 1 rings (SSSR count). The molecule has 0 heterocycles. The van der Waals surface area contributed by atoms with Crippen molar-refractivity contribution in [1.29, 1.82) is 0 Å². The second kappa shape index (κ2) is 5.90. The van der Waals surface area contributed by atoms with E-state index in [0.29, 0.717) is 5.75 Å². The molecule has 0 aliphatic carbocycles. The smallest absolute Gasteiger partial charge is 0.330 e. The Balaban J connectivity index is 2.52. The van der Waals surface area contributed by atoms with Gasteiger partial charge in [0.1, 0.15) is 12.3 Å². The molecule has 0 saturated carbocycles. The molecule has 1 aromatic rings. The molecule has 0 radical (unpaired) electrons. The second-order valence-electron chi connectivity index (χ2n) is 3.38. The van der Waals surface area contributed by atoms with Gasteiger partial charge in [-0.05, 0) is 24.1 Å². The van der Waals surface area contributed by atoms with Crippen LogP contribution in [0.3, 0.4) is 0 Å². The van der Waals surface area contributed by atoms with Crippen molar-refractivity contribution in [3.8, 4) is 5.75 Å². The van der Waals surface area contributed by atoms with Crippen LogP contribution in [-0.4, -0.2) is 18.4 Å². The van der Waals surface area contributed by atoms with E-state index in [1.54, 1.807) is 6.07 Å². The molecule has 0 aromatic heterocycles. The molecular formula is C12H15NO3. The predicted molar refractivity (Wildman–Crippen MR) is 60.1 cm³/mol. The lowest BCUT2D eigenvalue weighted by Gasteiger charge is -2.05. The molecule has 16 heavy (non-hydrogen) atoms. The Kier molecular flexibility index (Phi) is 4.51. The first kappa shape index (κ1) is 12.2. The van der Waals surface area contributed by atoms with E-state index in [9.17, 15) is 9.59 Å². The van der Waals surface area contributed by atoms with Crippen LogP contribution < -0.4 is 10.1 Å². The van der Waals surface area contributed by atoms with Crippen LogP contribution in [0.25, 0.3) is 0 Å². The van der Waals surface area contributed by atoms with Gasteiger partial charge in [-0.25, -0.2) is 4.79 Å². The molecule has 0 spiro atoms. The van der Waals surface area contributed by atoms with E-state index in [0.717, 1.165) is 12.0 Å². The van der Waals surface area contributed by atoms with Gasteiger partial charge in [0.25, 0.3) is 0 Å². The molecule has 4 heteroatoms. The van der Waals surface area contributed by atoms with Crippen molar-refractivity contribution in [2.45, 2.75) is 20.3 Å². The van der Waals surface area contributed by atoms with Crippen LogP contribution in [0.15, 0.2) is 24.3 Å². The number of hydrogen-bond donors (Lipinski definition) is 1. The predicted octanol–water partition coefficient (Wildman–Crippen LogP) is 1.29. The zero-order valence-corrected chi connectivity index (χ0v) is 9.45. The third kappa shape index (κ3) is 4.13. The number of hydrogen-bond acceptors (Lipinski definition) is 3. The van der Waals surface area contributed by atoms with Crippen molar-refractivity contribution in [3.63, 3.8) is 0 Å². The molecule has 4 nitrogen and oxygen atoms in total. The molecule has 1 amide bonds. The van der Waals surface area contributed by atoms with Gasteiger partial charge >= 0.3 is 5.97 Å². The van der Waals surface area contributed by atoms with Gasteiger partial charge in [0.05, 0.1) is 0 Å². The second-order valence-corrected chi connectivity index (χ2v) is 3.38. The number of amides is 1. The summed E-state index contributed by atoms with van der Waals surface area (Å²) in [6.07, 6.45) is 0.886. The Hall–Kier alpha value is -1.84. The summed E-state index contributed by atoms with van der Waals surface area (Å²) in [5.74, 6) is -0.211. The molecule has 1 aromatic carbocycles. The van der Waals surface area contributed by atoms with Crippen LogP contribution in [0.1, 0.15) is 19.4 Å². The van der Waals surface area contributed by atoms with Gasteiger partial charge in [-0.2, -0.15) is 0 Å². The minimum Gasteiger partial charge on any atom is -0.425 e. The van der Waals surface area contributed by atoms with Gasteiger partial charge in [0.15, 0.2) is 0 Å². The fraction of sp³-hybridized carbons (Fsp3) is 0.333. The molecule has 0 unspecified atom stereocenters. The fourth-order valence-corrected chi connectivity index (χ4v) is 1.19. The summed E-state index contributed by atoms with van der Waals surface area (Å²) in [5, 5.41) is 2.38. The van der Waals surface area contributed by atoms with Crippen molar-refractivity contribution < 1.29 is 14.3 Å². The Labute approximate surface area is 94.6 Å². The maximum atomic E-state index is 11.3. The van der Waals surface area contributed by atoms with Crippen molar-refractivity contribution in [2.24, 2.45) is 0 Å². The van der Waals surface area contributed by atoms with E-state index in [4.69, 9.17) is 4.74 Å². The molecule has 0 bridgehead atoms. The van der Waals surface area contributed by atoms with Crippen molar-refractivity contribution >= 4 is 11.9 Å². The summed E-state index contributed by atoms with van der Waals surface area (Å²) in [4.78, 5) is 21.9. The highest BCUT2D eigenvalue weighted by molar-refractivity contribution is 5.81. The zero-order chi connectivity index (χ0) is 12.0. The lowest BCUT2D eigenvalue weighted by molar-refractivity contribution is -0.135. The van der Waals surface area contributed by atoms with Crippen LogP contribution in [0.2, 0.25) is 0 Å². The van der Waals surface area contributed by atoms with E-state index < -0.39 is 5.97 Å². The highest BCUT2D eigenvalue weighted by Gasteiger charge is 2.05. The number of aryl methyl sites for hydroxylation is 1. The van der Waals surface area contributed by atoms with Gasteiger partial charge in [0, 0.05) is 6.92 Å². The first-order valence-electron chi connectivity index (χ1n) is 5.16. The van der Waals surface area contributed by atoms with Crippen LogP contribution in [-0.2, 0) is 16.0 Å². The van der Waals surface area contributed by atoms with Crippen LogP contribution in [0, 0.1) is 0 Å². The van der Waals surface area contributed by atoms with E-state index in [1.807, 2.05) is 25.1 Å². The monoisotopic (exact) mass is 221 g/mol. The van der Waals surface area contributed by atoms with Gasteiger partial charge in [-0.1, -0.05) is 19.1 Å². The molecule has 0 saturated heterocycles. The molecular weight excluding hydrogens is 206 g/mol. The van der Waals surface area contributed by atoms with Gasteiger partial charge in [-0.3, -0.25) is 4.79 Å². The number of rotatable bonds is 4. The molecule has 0 aliphatic heterocycles. The van der Waals surface area contributed by atoms with Gasteiger partial charge in [-0.15, -0.1) is 0 Å². The first-order valence-corrected chi connectivity index (χ1v) is 5.16. The molecule has 0 aliphatic rings. The van der Waals surface area contributed by atoms with Gasteiger partial charge in [0.2, 0.25) is 5.91 Å². The maximum Gasteiger partial charge on any atom is 0.330 e. The summed E-state index contributed by atoms with van der Waals surface area (Å²) in [7, 11) is 0. The highest BCUT2D eigenvalue weighted by Crippen LogP contribution is 2.13. The minimum atomic E-state index is -0.469. The van der Waals surface area contributed by atoms with E-state index in [-0.39, 0.29) is 12.5 Å².